The van der Waals surface area contributed by atoms with Crippen molar-refractivity contribution in [3.63, 3.8) is 0 Å². The van der Waals surface area contributed by atoms with Crippen molar-refractivity contribution in [2.75, 3.05) is 25.9 Å². The maximum atomic E-state index is 10.9. The molecule has 0 aliphatic carbocycles. The van der Waals surface area contributed by atoms with Crippen molar-refractivity contribution in [2.24, 2.45) is 5.92 Å². The maximum absolute atomic E-state index is 10.9. The molecule has 5 nitrogen and oxygen atoms in total. The van der Waals surface area contributed by atoms with E-state index in [0.29, 0.717) is 6.54 Å². The lowest BCUT2D eigenvalue weighted by Crippen LogP contribution is -2.27. The lowest BCUT2D eigenvalue weighted by molar-refractivity contribution is -0.139. The Morgan fingerprint density at radius 3 is 2.59 bits per heavy atom. The van der Waals surface area contributed by atoms with Gasteiger partial charge in [-0.05, 0) is 18.4 Å². The number of hydrogen-bond donors (Lipinski definition) is 2. The Balaban J connectivity index is 2.20. The predicted octanol–water partition coefficient (Wildman–Crippen LogP) is 1.76. The summed E-state index contributed by atoms with van der Waals surface area (Å²) in [5, 5.41) is 1.86. The Morgan fingerprint density at radius 2 is 2.06 bits per heavy atom. The number of nitrogens with zero attached hydrogens (tertiary/aromatic N) is 1. The van der Waals surface area contributed by atoms with E-state index in [9.17, 15) is 4.57 Å². The summed E-state index contributed by atoms with van der Waals surface area (Å²) in [7, 11) is -4.93. The van der Waals surface area contributed by atoms with E-state index in [2.05, 4.69) is 19.6 Å². The first-order chi connectivity index (χ1) is 7.66. The van der Waals surface area contributed by atoms with Crippen LogP contribution in [-0.2, 0) is 9.40 Å². The Hall–Kier alpha value is 0.287. The average molecular weight is 281 g/mol. The summed E-state index contributed by atoms with van der Waals surface area (Å²) < 4.78 is 10.9. The van der Waals surface area contributed by atoms with Gasteiger partial charge < -0.3 is 9.79 Å². The molecule has 2 N–H and O–H groups in total. The second-order valence-corrected chi connectivity index (χ2v) is 13.3. The molecule has 1 atom stereocenters. The third-order valence-electron chi connectivity index (χ3n) is 2.87. The van der Waals surface area contributed by atoms with Gasteiger partial charge in [0.15, 0.2) is 0 Å². The van der Waals surface area contributed by atoms with E-state index in [0.717, 1.165) is 25.6 Å². The minimum Gasteiger partial charge on any atom is -0.324 e. The first-order valence-electron chi connectivity index (χ1n) is 6.08. The molecule has 0 spiro atoms. The van der Waals surface area contributed by atoms with Gasteiger partial charge in [0.05, 0.1) is 12.8 Å². The summed E-state index contributed by atoms with van der Waals surface area (Å²) in [5.41, 5.74) is 0. The predicted molar refractivity (Wildman–Crippen MR) is 70.7 cm³/mol. The Kier molecular flexibility index (Phi) is 5.37. The second kappa shape index (κ2) is 5.95. The molecule has 1 rings (SSSR count). The van der Waals surface area contributed by atoms with Crippen molar-refractivity contribution < 1.29 is 19.2 Å². The third kappa shape index (κ3) is 7.34. The van der Waals surface area contributed by atoms with Gasteiger partial charge in [-0.3, -0.25) is 9.40 Å². The molecule has 0 aromatic rings. The molecule has 0 aromatic carbocycles. The van der Waals surface area contributed by atoms with Crippen molar-refractivity contribution in [1.82, 2.24) is 5.06 Å². The highest BCUT2D eigenvalue weighted by Gasteiger charge is 2.29. The molecule has 1 unspecified atom stereocenters. The lowest BCUT2D eigenvalue weighted by Gasteiger charge is -2.20. The summed E-state index contributed by atoms with van der Waals surface area (Å²) in [6, 6.07) is 1.12. The summed E-state index contributed by atoms with van der Waals surface area (Å²) >= 11 is 0. The van der Waals surface area contributed by atoms with Crippen LogP contribution in [0.3, 0.4) is 0 Å². The molecule has 102 valence electrons. The fourth-order valence-electron chi connectivity index (χ4n) is 1.88. The van der Waals surface area contributed by atoms with Crippen molar-refractivity contribution >= 4 is 15.7 Å². The van der Waals surface area contributed by atoms with Crippen molar-refractivity contribution in [3.8, 4) is 0 Å². The van der Waals surface area contributed by atoms with Crippen LogP contribution in [-0.4, -0.2) is 48.8 Å². The molecule has 0 aromatic heterocycles. The van der Waals surface area contributed by atoms with Gasteiger partial charge in [0.25, 0.3) is 0 Å². The van der Waals surface area contributed by atoms with Crippen LogP contribution in [0.15, 0.2) is 0 Å². The molecule has 17 heavy (non-hydrogen) atoms. The van der Waals surface area contributed by atoms with Crippen LogP contribution in [0.1, 0.15) is 6.42 Å². The van der Waals surface area contributed by atoms with Gasteiger partial charge in [-0.1, -0.05) is 19.6 Å². The second-order valence-electron chi connectivity index (χ2n) is 6.03. The standard InChI is InChI=1S/C10H24NO4PSi/c1-17(2,3)7-6-15-11-5-4-10(8-11)9-16(12,13)14/h10H,4-9H2,1-3H3,(H2,12,13,14). The van der Waals surface area contributed by atoms with E-state index in [1.54, 1.807) is 0 Å². The third-order valence-corrected chi connectivity index (χ3v) is 5.57. The van der Waals surface area contributed by atoms with Crippen LogP contribution in [0.25, 0.3) is 0 Å². The monoisotopic (exact) mass is 281 g/mol. The number of rotatable bonds is 6. The molecule has 0 radical (unpaired) electrons. The minimum absolute atomic E-state index is 0.0130. The van der Waals surface area contributed by atoms with Crippen LogP contribution < -0.4 is 0 Å². The van der Waals surface area contributed by atoms with Crippen LogP contribution >= 0.6 is 7.60 Å². The molecule has 0 amide bonds. The van der Waals surface area contributed by atoms with E-state index in [4.69, 9.17) is 14.6 Å². The number of hydroxylamine groups is 2. The largest absolute Gasteiger partial charge is 0.325 e. The zero-order chi connectivity index (χ0) is 13.1. The average Bonchev–Trinajstić information content (AvgIpc) is 2.46. The minimum atomic E-state index is -3.87. The molecule has 1 heterocycles. The first kappa shape index (κ1) is 15.3. The van der Waals surface area contributed by atoms with Crippen LogP contribution in [0.5, 0.6) is 0 Å². The molecule has 0 bridgehead atoms. The molecule has 0 saturated carbocycles. The topological polar surface area (TPSA) is 70.0 Å². The first-order valence-corrected chi connectivity index (χ1v) is 11.6. The Bertz CT molecular complexity index is 289. The van der Waals surface area contributed by atoms with Crippen molar-refractivity contribution in [2.45, 2.75) is 32.1 Å². The maximum Gasteiger partial charge on any atom is 0.325 e. The summed E-state index contributed by atoms with van der Waals surface area (Å²) in [6.07, 6.45) is 0.805. The molecular weight excluding hydrogens is 257 g/mol. The van der Waals surface area contributed by atoms with Gasteiger partial charge in [0.2, 0.25) is 0 Å². The van der Waals surface area contributed by atoms with Gasteiger partial charge in [-0.25, -0.2) is 0 Å². The van der Waals surface area contributed by atoms with Gasteiger partial charge >= 0.3 is 7.60 Å². The van der Waals surface area contributed by atoms with Crippen molar-refractivity contribution in [3.05, 3.63) is 0 Å². The molecule has 1 aliphatic heterocycles. The smallest absolute Gasteiger partial charge is 0.324 e. The Morgan fingerprint density at radius 1 is 1.41 bits per heavy atom. The zero-order valence-electron chi connectivity index (χ0n) is 10.9. The van der Waals surface area contributed by atoms with E-state index in [-0.39, 0.29) is 12.1 Å². The van der Waals surface area contributed by atoms with Gasteiger partial charge in [-0.15, -0.1) is 0 Å². The SMILES string of the molecule is C[Si](C)(C)CCON1CCC(CP(=O)(O)O)C1. The quantitative estimate of drug-likeness (QED) is 0.573. The van der Waals surface area contributed by atoms with Crippen LogP contribution in [0.2, 0.25) is 25.7 Å². The van der Waals surface area contributed by atoms with Crippen molar-refractivity contribution in [1.29, 1.82) is 0 Å². The highest BCUT2D eigenvalue weighted by Crippen LogP contribution is 2.39. The normalized spacial score (nSPS) is 23.2. The number of hydrogen-bond acceptors (Lipinski definition) is 3. The van der Waals surface area contributed by atoms with Crippen LogP contribution in [0.4, 0.5) is 0 Å². The Labute approximate surface area is 104 Å². The fourth-order valence-corrected chi connectivity index (χ4v) is 3.56. The van der Waals surface area contributed by atoms with E-state index in [1.807, 2.05) is 5.06 Å². The van der Waals surface area contributed by atoms with Gasteiger partial charge in [0, 0.05) is 21.2 Å². The summed E-state index contributed by atoms with van der Waals surface area (Å²) in [6.45, 7) is 9.08. The van der Waals surface area contributed by atoms with E-state index in [1.165, 1.54) is 0 Å². The molecule has 1 fully saturated rings. The summed E-state index contributed by atoms with van der Waals surface area (Å²) in [5.74, 6) is 0.0720. The summed E-state index contributed by atoms with van der Waals surface area (Å²) in [4.78, 5) is 23.4. The lowest BCUT2D eigenvalue weighted by atomic mass is 10.2. The molecular formula is C10H24NO4PSi. The fraction of sp³-hybridized carbons (Fsp3) is 1.00. The van der Waals surface area contributed by atoms with E-state index < -0.39 is 15.7 Å². The van der Waals surface area contributed by atoms with E-state index >= 15 is 0 Å². The highest BCUT2D eigenvalue weighted by molar-refractivity contribution is 7.51. The zero-order valence-corrected chi connectivity index (χ0v) is 12.8. The van der Waals surface area contributed by atoms with Gasteiger partial charge in [0.1, 0.15) is 0 Å². The molecule has 1 aliphatic rings. The van der Waals surface area contributed by atoms with Crippen LogP contribution in [0, 0.1) is 5.92 Å². The van der Waals surface area contributed by atoms with Gasteiger partial charge in [-0.2, -0.15) is 5.06 Å². The highest BCUT2D eigenvalue weighted by atomic mass is 31.2. The molecule has 1 saturated heterocycles. The molecule has 7 heteroatoms.